The van der Waals surface area contributed by atoms with Crippen LogP contribution in [0.15, 0.2) is 0 Å². The first-order valence-electron chi connectivity index (χ1n) is 8.42. The van der Waals surface area contributed by atoms with Crippen molar-refractivity contribution >= 4 is 11.9 Å². The summed E-state index contributed by atoms with van der Waals surface area (Å²) in [5.74, 6) is 0.424. The number of hydrogen-bond acceptors (Lipinski definition) is 5. The first-order valence-corrected chi connectivity index (χ1v) is 8.42. The Morgan fingerprint density at radius 1 is 0.909 bits per heavy atom. The first kappa shape index (κ1) is 18.9. The third kappa shape index (κ3) is 8.37. The van der Waals surface area contributed by atoms with Crippen molar-refractivity contribution in [2.45, 2.75) is 58.3 Å². The van der Waals surface area contributed by atoms with Crippen LogP contribution in [0.3, 0.4) is 0 Å². The van der Waals surface area contributed by atoms with Gasteiger partial charge in [0.25, 0.3) is 0 Å². The first-order chi connectivity index (χ1) is 10.6. The molecule has 1 aliphatic carbocycles. The lowest BCUT2D eigenvalue weighted by Crippen LogP contribution is -2.25. The molecule has 0 bridgehead atoms. The monoisotopic (exact) mass is 314 g/mol. The molecule has 0 saturated heterocycles. The molecule has 0 aromatic rings. The molecule has 0 amide bonds. The van der Waals surface area contributed by atoms with Crippen LogP contribution in [-0.2, 0) is 23.8 Å². The molecule has 5 heteroatoms. The summed E-state index contributed by atoms with van der Waals surface area (Å²) in [6.07, 6.45) is 7.71. The van der Waals surface area contributed by atoms with Crippen molar-refractivity contribution in [2.24, 2.45) is 11.8 Å². The van der Waals surface area contributed by atoms with Gasteiger partial charge in [0, 0.05) is 20.6 Å². The van der Waals surface area contributed by atoms with Gasteiger partial charge in [0.2, 0.25) is 0 Å². The smallest absolute Gasteiger partial charge is 0.308 e. The molecular weight excluding hydrogens is 284 g/mol. The van der Waals surface area contributed by atoms with E-state index >= 15 is 0 Å². The highest BCUT2D eigenvalue weighted by Gasteiger charge is 2.27. The Hall–Kier alpha value is -1.10. The van der Waals surface area contributed by atoms with E-state index in [1.54, 1.807) is 7.11 Å². The highest BCUT2D eigenvalue weighted by Crippen LogP contribution is 2.29. The Labute approximate surface area is 133 Å². The molecule has 22 heavy (non-hydrogen) atoms. The van der Waals surface area contributed by atoms with Gasteiger partial charge in [0.1, 0.15) is 0 Å². The van der Waals surface area contributed by atoms with Crippen molar-refractivity contribution in [3.05, 3.63) is 0 Å². The maximum Gasteiger partial charge on any atom is 0.308 e. The molecule has 0 spiro atoms. The fourth-order valence-electron chi connectivity index (χ4n) is 2.86. The van der Waals surface area contributed by atoms with Crippen LogP contribution in [0.2, 0.25) is 0 Å². The van der Waals surface area contributed by atoms with Gasteiger partial charge in [-0.3, -0.25) is 9.59 Å². The van der Waals surface area contributed by atoms with Crippen LogP contribution in [0.5, 0.6) is 0 Å². The fourth-order valence-corrected chi connectivity index (χ4v) is 2.86. The number of carbonyl (C=O) groups excluding carboxylic acids is 2. The quantitative estimate of drug-likeness (QED) is 0.458. The van der Waals surface area contributed by atoms with E-state index in [2.05, 4.69) is 0 Å². The lowest BCUT2D eigenvalue weighted by atomic mass is 9.82. The van der Waals surface area contributed by atoms with Crippen LogP contribution in [0.1, 0.15) is 58.3 Å². The van der Waals surface area contributed by atoms with Crippen molar-refractivity contribution in [1.82, 2.24) is 0 Å². The summed E-state index contributed by atoms with van der Waals surface area (Å²) in [5, 5.41) is 0. The zero-order chi connectivity index (χ0) is 16.2. The standard InChI is InChI=1S/C17H30O5/c1-14(18)21-11-5-3-4-6-12-22-17(19)16-9-7-15(8-10-16)13-20-2/h15-16H,3-13H2,1-2H3. The van der Waals surface area contributed by atoms with Gasteiger partial charge in [-0.1, -0.05) is 0 Å². The molecule has 5 nitrogen and oxygen atoms in total. The van der Waals surface area contributed by atoms with Crippen molar-refractivity contribution in [2.75, 3.05) is 26.9 Å². The molecular formula is C17H30O5. The highest BCUT2D eigenvalue weighted by molar-refractivity contribution is 5.72. The van der Waals surface area contributed by atoms with Crippen LogP contribution < -0.4 is 0 Å². The van der Waals surface area contributed by atoms with Crippen LogP contribution in [0, 0.1) is 11.8 Å². The number of rotatable bonds is 10. The van der Waals surface area contributed by atoms with E-state index in [0.717, 1.165) is 58.0 Å². The van der Waals surface area contributed by atoms with Crippen LogP contribution in [0.4, 0.5) is 0 Å². The number of ether oxygens (including phenoxy) is 3. The van der Waals surface area contributed by atoms with Crippen LogP contribution in [0.25, 0.3) is 0 Å². The summed E-state index contributed by atoms with van der Waals surface area (Å²) < 4.78 is 15.4. The fraction of sp³-hybridized carbons (Fsp3) is 0.882. The maximum atomic E-state index is 12.0. The summed E-state index contributed by atoms with van der Waals surface area (Å²) in [6, 6.07) is 0. The summed E-state index contributed by atoms with van der Waals surface area (Å²) in [5.41, 5.74) is 0. The van der Waals surface area contributed by atoms with Gasteiger partial charge in [-0.25, -0.2) is 0 Å². The number of unbranched alkanes of at least 4 members (excludes halogenated alkanes) is 3. The van der Waals surface area contributed by atoms with E-state index in [-0.39, 0.29) is 17.9 Å². The Morgan fingerprint density at radius 2 is 1.50 bits per heavy atom. The molecule has 1 saturated carbocycles. The van der Waals surface area contributed by atoms with Crippen molar-refractivity contribution < 1.29 is 23.8 Å². The van der Waals surface area contributed by atoms with Gasteiger partial charge in [0.15, 0.2) is 0 Å². The highest BCUT2D eigenvalue weighted by atomic mass is 16.5. The van der Waals surface area contributed by atoms with E-state index in [1.807, 2.05) is 0 Å². The van der Waals surface area contributed by atoms with Gasteiger partial charge in [-0.05, 0) is 57.3 Å². The molecule has 0 radical (unpaired) electrons. The van der Waals surface area contributed by atoms with Gasteiger partial charge in [0.05, 0.1) is 19.1 Å². The van der Waals surface area contributed by atoms with Gasteiger partial charge in [-0.2, -0.15) is 0 Å². The number of methoxy groups -OCH3 is 1. The molecule has 0 unspecified atom stereocenters. The van der Waals surface area contributed by atoms with Crippen molar-refractivity contribution in [3.63, 3.8) is 0 Å². The maximum absolute atomic E-state index is 12.0. The summed E-state index contributed by atoms with van der Waals surface area (Å²) in [6.45, 7) is 3.21. The summed E-state index contributed by atoms with van der Waals surface area (Å²) in [7, 11) is 1.73. The summed E-state index contributed by atoms with van der Waals surface area (Å²) >= 11 is 0. The lowest BCUT2D eigenvalue weighted by molar-refractivity contribution is -0.150. The molecule has 1 aliphatic rings. The van der Waals surface area contributed by atoms with E-state index < -0.39 is 0 Å². The normalized spacial score (nSPS) is 21.4. The predicted molar refractivity (Wildman–Crippen MR) is 83.4 cm³/mol. The second kappa shape index (κ2) is 11.5. The average Bonchev–Trinajstić information content (AvgIpc) is 2.50. The topological polar surface area (TPSA) is 61.8 Å². The Kier molecular flexibility index (Phi) is 9.87. The van der Waals surface area contributed by atoms with Gasteiger partial charge >= 0.3 is 11.9 Å². The number of carbonyl (C=O) groups is 2. The minimum absolute atomic E-state index is 0.0317. The second-order valence-corrected chi connectivity index (χ2v) is 6.09. The molecule has 0 N–H and O–H groups in total. The van der Waals surface area contributed by atoms with E-state index in [4.69, 9.17) is 14.2 Å². The lowest BCUT2D eigenvalue weighted by Gasteiger charge is -2.26. The van der Waals surface area contributed by atoms with E-state index in [9.17, 15) is 9.59 Å². The van der Waals surface area contributed by atoms with E-state index in [0.29, 0.717) is 19.1 Å². The molecule has 0 aromatic carbocycles. The average molecular weight is 314 g/mol. The van der Waals surface area contributed by atoms with Crippen molar-refractivity contribution in [3.8, 4) is 0 Å². The minimum atomic E-state index is -0.228. The van der Waals surface area contributed by atoms with Crippen molar-refractivity contribution in [1.29, 1.82) is 0 Å². The van der Waals surface area contributed by atoms with Gasteiger partial charge < -0.3 is 14.2 Å². The molecule has 0 aromatic heterocycles. The number of esters is 2. The van der Waals surface area contributed by atoms with Gasteiger partial charge in [-0.15, -0.1) is 0 Å². The zero-order valence-electron chi connectivity index (χ0n) is 14.0. The molecule has 128 valence electrons. The largest absolute Gasteiger partial charge is 0.466 e. The number of hydrogen-bond donors (Lipinski definition) is 0. The molecule has 0 heterocycles. The van der Waals surface area contributed by atoms with E-state index in [1.165, 1.54) is 6.92 Å². The third-order valence-electron chi connectivity index (χ3n) is 4.17. The molecule has 0 atom stereocenters. The SMILES string of the molecule is COCC1CCC(C(=O)OCCCCCCOC(C)=O)CC1. The predicted octanol–water partition coefficient (Wildman–Crippen LogP) is 3.11. The zero-order valence-corrected chi connectivity index (χ0v) is 14.0. The third-order valence-corrected chi connectivity index (χ3v) is 4.17. The van der Waals surface area contributed by atoms with Crippen LogP contribution >= 0.6 is 0 Å². The van der Waals surface area contributed by atoms with Crippen LogP contribution in [-0.4, -0.2) is 38.9 Å². The Morgan fingerprint density at radius 3 is 2.05 bits per heavy atom. The Bertz CT molecular complexity index is 321. The Balaban J connectivity index is 1.97. The molecule has 1 fully saturated rings. The minimum Gasteiger partial charge on any atom is -0.466 e. The molecule has 1 rings (SSSR count). The molecule has 0 aliphatic heterocycles. The second-order valence-electron chi connectivity index (χ2n) is 6.09. The summed E-state index contributed by atoms with van der Waals surface area (Å²) in [4.78, 5) is 22.5.